The lowest BCUT2D eigenvalue weighted by Crippen LogP contribution is -2.44. The predicted octanol–water partition coefficient (Wildman–Crippen LogP) is 4.13. The molecule has 2 aromatic carbocycles. The Hall–Kier alpha value is -2.29. The van der Waals surface area contributed by atoms with Crippen LogP contribution in [0.4, 0.5) is 5.69 Å². The van der Waals surface area contributed by atoms with Gasteiger partial charge >= 0.3 is 0 Å². The molecule has 1 saturated heterocycles. The van der Waals surface area contributed by atoms with Gasteiger partial charge in [-0.25, -0.2) is 4.99 Å². The van der Waals surface area contributed by atoms with Crippen LogP contribution in [0.25, 0.3) is 10.9 Å². The predicted molar refractivity (Wildman–Crippen MR) is 134 cm³/mol. The summed E-state index contributed by atoms with van der Waals surface area (Å²) in [4.78, 5) is 15.8. The molecule has 0 atom stereocenters. The molecule has 2 aliphatic rings. The molecule has 170 valence electrons. The Bertz CT molecular complexity index is 1160. The first-order valence-electron chi connectivity index (χ1n) is 10.0. The van der Waals surface area contributed by atoms with Crippen LogP contribution in [-0.4, -0.2) is 65.7 Å². The van der Waals surface area contributed by atoms with Crippen molar-refractivity contribution in [1.82, 2.24) is 15.2 Å². The molecule has 3 aromatic rings. The van der Waals surface area contributed by atoms with E-state index in [-0.39, 0.29) is 30.7 Å². The number of rotatable bonds is 5. The van der Waals surface area contributed by atoms with Gasteiger partial charge in [0.05, 0.1) is 11.3 Å². The molecule has 0 saturated carbocycles. The lowest BCUT2D eigenvalue weighted by Gasteiger charge is -2.26. The molecular weight excluding hydrogens is 473 g/mol. The van der Waals surface area contributed by atoms with Crippen molar-refractivity contribution < 1.29 is 9.94 Å². The van der Waals surface area contributed by atoms with Crippen molar-refractivity contribution in [3.63, 3.8) is 0 Å². The van der Waals surface area contributed by atoms with Gasteiger partial charge in [-0.3, -0.25) is 4.90 Å². The van der Waals surface area contributed by atoms with Crippen molar-refractivity contribution in [3.05, 3.63) is 58.6 Å². The SMILES string of the molecule is Cl.Cl.Oc1[nH]c2ccc(Cl)cc2c1C1=Nc2ccccc2/C1=N\OCCN1CCNCC1. The van der Waals surface area contributed by atoms with E-state index in [0.717, 1.165) is 54.9 Å². The topological polar surface area (TPSA) is 85.2 Å². The smallest absolute Gasteiger partial charge is 0.199 e. The van der Waals surface area contributed by atoms with Gasteiger partial charge in [0.15, 0.2) is 5.88 Å². The van der Waals surface area contributed by atoms with E-state index >= 15 is 0 Å². The molecule has 32 heavy (non-hydrogen) atoms. The minimum absolute atomic E-state index is 0. The number of oxime groups is 1. The van der Waals surface area contributed by atoms with E-state index < -0.39 is 0 Å². The second-order valence-electron chi connectivity index (χ2n) is 7.38. The average Bonchev–Trinajstić information content (AvgIpc) is 3.28. The number of H-pyrrole nitrogens is 1. The van der Waals surface area contributed by atoms with E-state index in [2.05, 4.69) is 20.4 Å². The third kappa shape index (κ3) is 4.72. The van der Waals surface area contributed by atoms with Crippen LogP contribution in [0.3, 0.4) is 0 Å². The van der Waals surface area contributed by atoms with Crippen molar-refractivity contribution >= 4 is 64.4 Å². The lowest BCUT2D eigenvalue weighted by atomic mass is 10.0. The maximum Gasteiger partial charge on any atom is 0.199 e. The number of aromatic hydroxyl groups is 1. The Kier molecular flexibility index (Phi) is 8.03. The number of nitrogens with zero attached hydrogens (tertiary/aromatic N) is 3. The summed E-state index contributed by atoms with van der Waals surface area (Å²) < 4.78 is 0. The molecule has 3 heterocycles. The first-order valence-corrected chi connectivity index (χ1v) is 10.4. The minimum Gasteiger partial charge on any atom is -0.494 e. The zero-order chi connectivity index (χ0) is 20.5. The van der Waals surface area contributed by atoms with E-state index in [1.54, 1.807) is 6.07 Å². The quantitative estimate of drug-likeness (QED) is 0.366. The average molecular weight is 497 g/mol. The fourth-order valence-corrected chi connectivity index (χ4v) is 4.12. The van der Waals surface area contributed by atoms with Gasteiger partial charge in [-0.15, -0.1) is 24.8 Å². The Morgan fingerprint density at radius 1 is 1.12 bits per heavy atom. The Balaban J connectivity index is 0.00000144. The summed E-state index contributed by atoms with van der Waals surface area (Å²) in [7, 11) is 0. The first kappa shape index (κ1) is 24.4. The van der Waals surface area contributed by atoms with Crippen LogP contribution in [0, 0.1) is 0 Å². The Morgan fingerprint density at radius 3 is 2.72 bits per heavy atom. The van der Waals surface area contributed by atoms with Crippen LogP contribution >= 0.6 is 36.4 Å². The number of aromatic amines is 1. The van der Waals surface area contributed by atoms with Crippen LogP contribution in [0.5, 0.6) is 5.88 Å². The molecule has 0 spiro atoms. The van der Waals surface area contributed by atoms with Crippen LogP contribution in [-0.2, 0) is 4.84 Å². The number of benzene rings is 2. The van der Waals surface area contributed by atoms with Crippen LogP contribution in [0.1, 0.15) is 11.1 Å². The Labute approximate surface area is 203 Å². The number of halogens is 3. The highest BCUT2D eigenvalue weighted by Gasteiger charge is 2.29. The molecule has 0 aliphatic carbocycles. The van der Waals surface area contributed by atoms with Gasteiger partial charge in [0.25, 0.3) is 0 Å². The molecule has 10 heteroatoms. The minimum atomic E-state index is 0. The van der Waals surface area contributed by atoms with Gasteiger partial charge < -0.3 is 20.2 Å². The van der Waals surface area contributed by atoms with Gasteiger partial charge in [0.1, 0.15) is 18.0 Å². The van der Waals surface area contributed by atoms with E-state index in [4.69, 9.17) is 21.4 Å². The van der Waals surface area contributed by atoms with Crippen molar-refractivity contribution in [2.24, 2.45) is 10.1 Å². The monoisotopic (exact) mass is 495 g/mol. The van der Waals surface area contributed by atoms with Gasteiger partial charge in [-0.1, -0.05) is 35.0 Å². The third-order valence-electron chi connectivity index (χ3n) is 5.46. The number of aromatic nitrogens is 1. The number of aliphatic imine (C=N–C) groups is 1. The fourth-order valence-electron chi connectivity index (χ4n) is 3.94. The zero-order valence-electron chi connectivity index (χ0n) is 17.2. The molecule has 0 amide bonds. The van der Waals surface area contributed by atoms with Gasteiger partial charge in [-0.2, -0.15) is 0 Å². The lowest BCUT2D eigenvalue weighted by molar-refractivity contribution is 0.106. The summed E-state index contributed by atoms with van der Waals surface area (Å²) in [6, 6.07) is 13.2. The largest absolute Gasteiger partial charge is 0.494 e. The van der Waals surface area contributed by atoms with Crippen molar-refractivity contribution in [1.29, 1.82) is 0 Å². The zero-order valence-corrected chi connectivity index (χ0v) is 19.6. The van der Waals surface area contributed by atoms with Gasteiger partial charge in [0, 0.05) is 54.2 Å². The molecule has 0 radical (unpaired) electrons. The first-order chi connectivity index (χ1) is 14.7. The molecule has 0 unspecified atom stereocenters. The normalized spacial score (nSPS) is 16.9. The highest BCUT2D eigenvalue weighted by molar-refractivity contribution is 6.58. The number of hydrogen-bond donors (Lipinski definition) is 3. The molecule has 7 nitrogen and oxygen atoms in total. The number of nitrogens with one attached hydrogen (secondary N) is 2. The number of piperazine rings is 1. The van der Waals surface area contributed by atoms with E-state index in [1.807, 2.05) is 36.4 Å². The van der Waals surface area contributed by atoms with E-state index in [1.165, 1.54) is 0 Å². The molecule has 2 aliphatic heterocycles. The molecular formula is C22H24Cl3N5O2. The van der Waals surface area contributed by atoms with Crippen LogP contribution < -0.4 is 5.32 Å². The third-order valence-corrected chi connectivity index (χ3v) is 5.69. The van der Waals surface area contributed by atoms with Crippen molar-refractivity contribution in [3.8, 4) is 5.88 Å². The second-order valence-corrected chi connectivity index (χ2v) is 7.82. The standard InChI is InChI=1S/C22H22ClN5O2.2ClH/c23-14-5-6-18-16(13-14)19(22(29)26-18)21-20(15-3-1-2-4-17(15)25-21)27-30-12-11-28-9-7-24-8-10-28;;/h1-6,13,24,26,29H,7-12H2;2*1H/b27-20+;;. The van der Waals surface area contributed by atoms with Crippen molar-refractivity contribution in [2.45, 2.75) is 0 Å². The Morgan fingerprint density at radius 2 is 1.91 bits per heavy atom. The van der Waals surface area contributed by atoms with Gasteiger partial charge in [0.2, 0.25) is 0 Å². The van der Waals surface area contributed by atoms with Crippen molar-refractivity contribution in [2.75, 3.05) is 39.3 Å². The van der Waals surface area contributed by atoms with E-state index in [9.17, 15) is 5.11 Å². The number of fused-ring (bicyclic) bond motifs is 2. The number of hydrogen-bond acceptors (Lipinski definition) is 6. The summed E-state index contributed by atoms with van der Waals surface area (Å²) in [6.07, 6.45) is 0. The number of para-hydroxylation sites is 1. The van der Waals surface area contributed by atoms with Crippen LogP contribution in [0.15, 0.2) is 52.6 Å². The molecule has 3 N–H and O–H groups in total. The summed E-state index contributed by atoms with van der Waals surface area (Å²) in [6.45, 7) is 5.34. The fraction of sp³-hybridized carbons (Fsp3) is 0.273. The van der Waals surface area contributed by atoms with Gasteiger partial charge in [-0.05, 0) is 24.3 Å². The van der Waals surface area contributed by atoms with Crippen LogP contribution in [0.2, 0.25) is 5.02 Å². The molecule has 5 rings (SSSR count). The maximum atomic E-state index is 10.6. The maximum absolute atomic E-state index is 10.6. The molecule has 1 aromatic heterocycles. The highest BCUT2D eigenvalue weighted by atomic mass is 35.5. The summed E-state index contributed by atoms with van der Waals surface area (Å²) in [5.74, 6) is 0.0346. The van der Waals surface area contributed by atoms with E-state index in [0.29, 0.717) is 28.6 Å². The highest BCUT2D eigenvalue weighted by Crippen LogP contribution is 2.36. The molecule has 0 bridgehead atoms. The summed E-state index contributed by atoms with van der Waals surface area (Å²) in [5, 5.41) is 19.8. The molecule has 1 fully saturated rings. The summed E-state index contributed by atoms with van der Waals surface area (Å²) in [5.41, 5.74) is 4.22. The summed E-state index contributed by atoms with van der Waals surface area (Å²) >= 11 is 6.21. The second kappa shape index (κ2) is 10.6.